The second kappa shape index (κ2) is 7.83. The fourth-order valence-electron chi connectivity index (χ4n) is 3.25. The number of ether oxygens (including phenoxy) is 1. The number of benzene rings is 2. The summed E-state index contributed by atoms with van der Waals surface area (Å²) in [5, 5.41) is 6.19. The Morgan fingerprint density at radius 2 is 2.00 bits per heavy atom. The van der Waals surface area contributed by atoms with Crippen LogP contribution >= 0.6 is 0 Å². The van der Waals surface area contributed by atoms with E-state index in [-0.39, 0.29) is 17.2 Å². The monoisotopic (exact) mass is 360 g/mol. The first-order chi connectivity index (χ1) is 12.5. The number of carbonyl (C=O) groups excluding carboxylic acids is 1. The van der Waals surface area contributed by atoms with Crippen LogP contribution < -0.4 is 15.4 Å². The van der Waals surface area contributed by atoms with Crippen molar-refractivity contribution in [2.24, 2.45) is 0 Å². The molecule has 1 saturated heterocycles. The van der Waals surface area contributed by atoms with Gasteiger partial charge in [0.25, 0.3) is 5.91 Å². The van der Waals surface area contributed by atoms with Crippen molar-refractivity contribution < 1.29 is 18.3 Å². The van der Waals surface area contributed by atoms with Crippen molar-refractivity contribution in [2.75, 3.05) is 13.7 Å². The third-order valence-corrected chi connectivity index (χ3v) is 4.66. The van der Waals surface area contributed by atoms with Crippen LogP contribution in [-0.4, -0.2) is 31.6 Å². The van der Waals surface area contributed by atoms with Crippen molar-refractivity contribution in [1.82, 2.24) is 10.6 Å². The second-order valence-corrected chi connectivity index (χ2v) is 6.59. The second-order valence-electron chi connectivity index (χ2n) is 6.59. The Kier molecular flexibility index (Phi) is 5.52. The highest BCUT2D eigenvalue weighted by atomic mass is 19.1. The molecule has 0 bridgehead atoms. The molecule has 2 atom stereocenters. The van der Waals surface area contributed by atoms with Crippen molar-refractivity contribution in [3.8, 4) is 16.9 Å². The lowest BCUT2D eigenvalue weighted by Crippen LogP contribution is -2.46. The van der Waals surface area contributed by atoms with Gasteiger partial charge in [-0.2, -0.15) is 0 Å². The first-order valence-electron chi connectivity index (χ1n) is 8.65. The summed E-state index contributed by atoms with van der Waals surface area (Å²) in [5.41, 5.74) is 0.590. The Bertz CT molecular complexity index is 810. The molecule has 6 heteroatoms. The van der Waals surface area contributed by atoms with Gasteiger partial charge >= 0.3 is 0 Å². The number of halogens is 2. The third kappa shape index (κ3) is 4.02. The highest BCUT2D eigenvalue weighted by Gasteiger charge is 2.22. The SMILES string of the molecule is COc1ccc(-c2ccc(C(=O)NC3CCNC(C)C3)c(F)c2)c(F)c1. The summed E-state index contributed by atoms with van der Waals surface area (Å²) >= 11 is 0. The van der Waals surface area contributed by atoms with Crippen LogP contribution in [0.15, 0.2) is 36.4 Å². The number of methoxy groups -OCH3 is 1. The van der Waals surface area contributed by atoms with Gasteiger partial charge in [0.1, 0.15) is 17.4 Å². The Morgan fingerprint density at radius 1 is 1.19 bits per heavy atom. The van der Waals surface area contributed by atoms with Crippen LogP contribution in [0.1, 0.15) is 30.1 Å². The highest BCUT2D eigenvalue weighted by Crippen LogP contribution is 2.27. The Hall–Kier alpha value is -2.47. The molecule has 2 unspecified atom stereocenters. The quantitative estimate of drug-likeness (QED) is 0.877. The average molecular weight is 360 g/mol. The lowest BCUT2D eigenvalue weighted by Gasteiger charge is -2.28. The van der Waals surface area contributed by atoms with Crippen LogP contribution in [0.5, 0.6) is 5.75 Å². The molecular weight excluding hydrogens is 338 g/mol. The molecule has 1 heterocycles. The lowest BCUT2D eigenvalue weighted by atomic mass is 9.99. The van der Waals surface area contributed by atoms with Crippen LogP contribution in [0.2, 0.25) is 0 Å². The maximum Gasteiger partial charge on any atom is 0.254 e. The van der Waals surface area contributed by atoms with Crippen LogP contribution in [0.4, 0.5) is 8.78 Å². The summed E-state index contributed by atoms with van der Waals surface area (Å²) in [6.07, 6.45) is 1.62. The molecule has 0 aromatic heterocycles. The molecule has 138 valence electrons. The summed E-state index contributed by atoms with van der Waals surface area (Å²) in [6.45, 7) is 2.88. The van der Waals surface area contributed by atoms with Crippen molar-refractivity contribution in [3.63, 3.8) is 0 Å². The summed E-state index contributed by atoms with van der Waals surface area (Å²) in [7, 11) is 1.45. The fraction of sp³-hybridized carbons (Fsp3) is 0.350. The van der Waals surface area contributed by atoms with E-state index in [9.17, 15) is 13.6 Å². The maximum atomic E-state index is 14.5. The Balaban J connectivity index is 1.78. The molecule has 3 rings (SSSR count). The summed E-state index contributed by atoms with van der Waals surface area (Å²) < 4.78 is 33.6. The van der Waals surface area contributed by atoms with Gasteiger partial charge in [-0.05, 0) is 56.1 Å². The minimum Gasteiger partial charge on any atom is -0.497 e. The number of rotatable bonds is 4. The molecule has 1 amide bonds. The maximum absolute atomic E-state index is 14.5. The van der Waals surface area contributed by atoms with E-state index in [1.165, 1.54) is 31.4 Å². The number of hydrogen-bond donors (Lipinski definition) is 2. The van der Waals surface area contributed by atoms with Gasteiger partial charge in [0.05, 0.1) is 12.7 Å². The summed E-state index contributed by atoms with van der Waals surface area (Å²) in [6, 6.07) is 8.85. The van der Waals surface area contributed by atoms with E-state index in [1.807, 2.05) is 0 Å². The van der Waals surface area contributed by atoms with Gasteiger partial charge in [0.15, 0.2) is 0 Å². The molecule has 2 aromatic rings. The molecule has 1 aliphatic rings. The van der Waals surface area contributed by atoms with E-state index in [0.717, 1.165) is 19.4 Å². The van der Waals surface area contributed by atoms with Crippen molar-refractivity contribution in [1.29, 1.82) is 0 Å². The van der Waals surface area contributed by atoms with Gasteiger partial charge in [-0.25, -0.2) is 8.78 Å². The molecular formula is C20H22F2N2O2. The Morgan fingerprint density at radius 3 is 2.65 bits per heavy atom. The summed E-state index contributed by atoms with van der Waals surface area (Å²) in [5.74, 6) is -1.23. The van der Waals surface area contributed by atoms with Crippen molar-refractivity contribution in [2.45, 2.75) is 31.8 Å². The van der Waals surface area contributed by atoms with E-state index in [1.54, 1.807) is 12.1 Å². The Labute approximate surface area is 151 Å². The minimum atomic E-state index is -0.669. The molecule has 0 saturated carbocycles. The zero-order valence-corrected chi connectivity index (χ0v) is 14.8. The van der Waals surface area contributed by atoms with E-state index >= 15 is 0 Å². The zero-order chi connectivity index (χ0) is 18.7. The predicted molar refractivity (Wildman–Crippen MR) is 96.3 cm³/mol. The van der Waals surface area contributed by atoms with Crippen LogP contribution in [-0.2, 0) is 0 Å². The molecule has 2 aromatic carbocycles. The van der Waals surface area contributed by atoms with E-state index in [4.69, 9.17) is 4.74 Å². The topological polar surface area (TPSA) is 50.4 Å². The zero-order valence-electron chi connectivity index (χ0n) is 14.8. The van der Waals surface area contributed by atoms with Gasteiger partial charge in [-0.1, -0.05) is 6.07 Å². The fourth-order valence-corrected chi connectivity index (χ4v) is 3.25. The first-order valence-corrected chi connectivity index (χ1v) is 8.65. The molecule has 4 nitrogen and oxygen atoms in total. The number of nitrogens with one attached hydrogen (secondary N) is 2. The van der Waals surface area contributed by atoms with Crippen molar-refractivity contribution in [3.05, 3.63) is 53.6 Å². The minimum absolute atomic E-state index is 0.0249. The molecule has 0 radical (unpaired) electrons. The molecule has 26 heavy (non-hydrogen) atoms. The van der Waals surface area contributed by atoms with Crippen molar-refractivity contribution >= 4 is 5.91 Å². The van der Waals surface area contributed by atoms with Gasteiger partial charge < -0.3 is 15.4 Å². The van der Waals surface area contributed by atoms with Crippen LogP contribution in [0.25, 0.3) is 11.1 Å². The number of amides is 1. The third-order valence-electron chi connectivity index (χ3n) is 4.66. The normalized spacial score (nSPS) is 19.8. The number of carbonyl (C=O) groups is 1. The van der Waals surface area contributed by atoms with Gasteiger partial charge in [0, 0.05) is 23.7 Å². The van der Waals surface area contributed by atoms with Gasteiger partial charge in [0.2, 0.25) is 0 Å². The summed E-state index contributed by atoms with van der Waals surface area (Å²) in [4.78, 5) is 12.4. The molecule has 0 spiro atoms. The van der Waals surface area contributed by atoms with Gasteiger partial charge in [-0.3, -0.25) is 4.79 Å². The standard InChI is InChI=1S/C20H22F2N2O2/c1-12-9-14(7-8-23-12)24-20(25)17-5-3-13(10-18(17)21)16-6-4-15(26-2)11-19(16)22/h3-6,10-12,14,23H,7-9H2,1-2H3,(H,24,25). The molecule has 1 fully saturated rings. The smallest absolute Gasteiger partial charge is 0.254 e. The van der Waals surface area contributed by atoms with Gasteiger partial charge in [-0.15, -0.1) is 0 Å². The van der Waals surface area contributed by atoms with E-state index in [2.05, 4.69) is 17.6 Å². The van der Waals surface area contributed by atoms with E-state index < -0.39 is 17.5 Å². The highest BCUT2D eigenvalue weighted by molar-refractivity contribution is 5.95. The lowest BCUT2D eigenvalue weighted by molar-refractivity contribution is 0.0921. The first kappa shape index (κ1) is 18.3. The van der Waals surface area contributed by atoms with Crippen LogP contribution in [0.3, 0.4) is 0 Å². The van der Waals surface area contributed by atoms with Crippen LogP contribution in [0, 0.1) is 11.6 Å². The largest absolute Gasteiger partial charge is 0.497 e. The molecule has 2 N–H and O–H groups in total. The average Bonchev–Trinajstić information content (AvgIpc) is 2.61. The number of hydrogen-bond acceptors (Lipinski definition) is 3. The van der Waals surface area contributed by atoms with E-state index in [0.29, 0.717) is 17.4 Å². The molecule has 0 aliphatic carbocycles. The molecule has 1 aliphatic heterocycles. The predicted octanol–water partition coefficient (Wildman–Crippen LogP) is 3.51. The number of piperidine rings is 1.